The van der Waals surface area contributed by atoms with Gasteiger partial charge >= 0.3 is 0 Å². The molecule has 1 aliphatic rings. The Balaban J connectivity index is 0.00000243. The Morgan fingerprint density at radius 1 is 1.38 bits per heavy atom. The van der Waals surface area contributed by atoms with Crippen LogP contribution in [-0.2, 0) is 18.3 Å². The number of hydrogen-bond donors (Lipinski definition) is 2. The third-order valence-corrected chi connectivity index (χ3v) is 5.74. The smallest absolute Gasteiger partial charge is 0.227 e. The van der Waals surface area contributed by atoms with Crippen molar-refractivity contribution in [3.05, 3.63) is 27.2 Å². The van der Waals surface area contributed by atoms with Crippen LogP contribution in [-0.4, -0.2) is 33.8 Å². The van der Waals surface area contributed by atoms with Crippen LogP contribution in [0.4, 0.5) is 5.95 Å². The summed E-state index contributed by atoms with van der Waals surface area (Å²) in [6, 6.07) is 2.23. The predicted molar refractivity (Wildman–Crippen MR) is 108 cm³/mol. The lowest BCUT2D eigenvalue weighted by Gasteiger charge is -2.19. The maximum Gasteiger partial charge on any atom is 0.227 e. The van der Waals surface area contributed by atoms with Gasteiger partial charge in [0.2, 0.25) is 11.9 Å². The van der Waals surface area contributed by atoms with Crippen LogP contribution < -0.4 is 10.6 Å². The van der Waals surface area contributed by atoms with E-state index >= 15 is 0 Å². The summed E-state index contributed by atoms with van der Waals surface area (Å²) in [5, 5.41) is 10.8. The topological polar surface area (TPSA) is 71.8 Å². The Labute approximate surface area is 165 Å². The van der Waals surface area contributed by atoms with E-state index in [2.05, 4.69) is 40.6 Å². The summed E-state index contributed by atoms with van der Waals surface area (Å²) in [7, 11) is 1.84. The zero-order chi connectivity index (χ0) is 17.8. The van der Waals surface area contributed by atoms with E-state index in [9.17, 15) is 4.79 Å². The SMILES string of the molecule is Cc1cc(CCCC(=O)Nc2nc(C3CCNCC3)nn2C)c(C)s1.Cl. The fourth-order valence-electron chi connectivity index (χ4n) is 3.32. The van der Waals surface area contributed by atoms with Crippen molar-refractivity contribution in [3.8, 4) is 0 Å². The molecule has 6 nitrogen and oxygen atoms in total. The third kappa shape index (κ3) is 5.28. The molecule has 2 aromatic rings. The van der Waals surface area contributed by atoms with Gasteiger partial charge in [-0.05, 0) is 64.3 Å². The zero-order valence-electron chi connectivity index (χ0n) is 15.7. The highest BCUT2D eigenvalue weighted by Gasteiger charge is 2.21. The van der Waals surface area contributed by atoms with Crippen LogP contribution in [0.2, 0.25) is 0 Å². The van der Waals surface area contributed by atoms with Gasteiger partial charge in [-0.15, -0.1) is 23.7 Å². The summed E-state index contributed by atoms with van der Waals surface area (Å²) >= 11 is 1.82. The fraction of sp³-hybridized carbons (Fsp3) is 0.611. The molecule has 2 aromatic heterocycles. The van der Waals surface area contributed by atoms with Crippen LogP contribution in [0.25, 0.3) is 0 Å². The Kier molecular flexibility index (Phi) is 7.61. The fourth-order valence-corrected chi connectivity index (χ4v) is 4.30. The average Bonchev–Trinajstić information content (AvgIpc) is 3.10. The molecule has 2 N–H and O–H groups in total. The Morgan fingerprint density at radius 3 is 2.77 bits per heavy atom. The highest BCUT2D eigenvalue weighted by atomic mass is 35.5. The molecule has 3 rings (SSSR count). The predicted octanol–water partition coefficient (Wildman–Crippen LogP) is 3.34. The lowest BCUT2D eigenvalue weighted by Crippen LogP contribution is -2.27. The molecular weight excluding hydrogens is 370 g/mol. The van der Waals surface area contributed by atoms with Crippen LogP contribution >= 0.6 is 23.7 Å². The monoisotopic (exact) mass is 397 g/mol. The molecule has 3 heterocycles. The lowest BCUT2D eigenvalue weighted by atomic mass is 9.98. The number of hydrogen-bond acceptors (Lipinski definition) is 5. The van der Waals surface area contributed by atoms with E-state index in [0.29, 0.717) is 18.3 Å². The van der Waals surface area contributed by atoms with Crippen molar-refractivity contribution >= 4 is 35.6 Å². The van der Waals surface area contributed by atoms with E-state index in [1.165, 1.54) is 15.3 Å². The third-order valence-electron chi connectivity index (χ3n) is 4.73. The van der Waals surface area contributed by atoms with Gasteiger partial charge in [0.05, 0.1) is 0 Å². The number of nitrogens with zero attached hydrogens (tertiary/aromatic N) is 3. The van der Waals surface area contributed by atoms with E-state index in [4.69, 9.17) is 0 Å². The van der Waals surface area contributed by atoms with E-state index in [0.717, 1.165) is 44.6 Å². The minimum Gasteiger partial charge on any atom is -0.317 e. The Hall–Kier alpha value is -1.44. The number of aromatic nitrogens is 3. The number of nitrogens with one attached hydrogen (secondary N) is 2. The maximum absolute atomic E-state index is 12.2. The molecular formula is C18H28ClN5OS. The number of halogens is 1. The second kappa shape index (κ2) is 9.48. The van der Waals surface area contributed by atoms with Gasteiger partial charge < -0.3 is 5.32 Å². The van der Waals surface area contributed by atoms with Crippen molar-refractivity contribution in [2.75, 3.05) is 18.4 Å². The molecule has 0 unspecified atom stereocenters. The number of anilines is 1. The first kappa shape index (κ1) is 20.9. The van der Waals surface area contributed by atoms with Gasteiger partial charge in [0.1, 0.15) is 0 Å². The van der Waals surface area contributed by atoms with Crippen molar-refractivity contribution in [1.82, 2.24) is 20.1 Å². The molecule has 26 heavy (non-hydrogen) atoms. The second-order valence-corrected chi connectivity index (χ2v) is 8.24. The summed E-state index contributed by atoms with van der Waals surface area (Å²) in [5.74, 6) is 1.81. The first-order valence-corrected chi connectivity index (χ1v) is 9.82. The normalized spacial score (nSPS) is 14.9. The number of rotatable bonds is 6. The van der Waals surface area contributed by atoms with Gasteiger partial charge in [-0.25, -0.2) is 4.68 Å². The minimum absolute atomic E-state index is 0. The van der Waals surface area contributed by atoms with Crippen molar-refractivity contribution in [3.63, 3.8) is 0 Å². The Morgan fingerprint density at radius 2 is 2.12 bits per heavy atom. The quantitative estimate of drug-likeness (QED) is 0.784. The van der Waals surface area contributed by atoms with Crippen LogP contribution in [0.3, 0.4) is 0 Å². The molecule has 0 atom stereocenters. The van der Waals surface area contributed by atoms with Crippen LogP contribution in [0.15, 0.2) is 6.07 Å². The van der Waals surface area contributed by atoms with Crippen LogP contribution in [0.5, 0.6) is 0 Å². The van der Waals surface area contributed by atoms with Gasteiger partial charge in [0.15, 0.2) is 5.82 Å². The molecule has 0 saturated carbocycles. The molecule has 0 aliphatic carbocycles. The molecule has 1 fully saturated rings. The standard InChI is InChI=1S/C18H27N5OS.ClH/c1-12-11-15(13(2)25-12)5-4-6-16(24)20-18-21-17(22-23(18)3)14-7-9-19-10-8-14;/h11,14,19H,4-10H2,1-3H3,(H,20,21,22,24);1H. The molecule has 0 aromatic carbocycles. The van der Waals surface area contributed by atoms with Gasteiger partial charge in [-0.2, -0.15) is 10.1 Å². The highest BCUT2D eigenvalue weighted by Crippen LogP contribution is 2.24. The minimum atomic E-state index is 0. The summed E-state index contributed by atoms with van der Waals surface area (Å²) < 4.78 is 1.68. The van der Waals surface area contributed by atoms with Crippen LogP contribution in [0.1, 0.15) is 52.7 Å². The van der Waals surface area contributed by atoms with Crippen molar-refractivity contribution < 1.29 is 4.79 Å². The summed E-state index contributed by atoms with van der Waals surface area (Å²) in [6.45, 7) is 6.29. The van der Waals surface area contributed by atoms with Gasteiger partial charge in [0.25, 0.3) is 0 Å². The average molecular weight is 398 g/mol. The summed E-state index contributed by atoms with van der Waals surface area (Å²) in [5.41, 5.74) is 1.36. The number of amides is 1. The largest absolute Gasteiger partial charge is 0.317 e. The summed E-state index contributed by atoms with van der Waals surface area (Å²) in [6.07, 6.45) is 4.40. The number of aryl methyl sites for hydroxylation is 4. The number of thiophene rings is 1. The lowest BCUT2D eigenvalue weighted by molar-refractivity contribution is -0.116. The van der Waals surface area contributed by atoms with E-state index in [-0.39, 0.29) is 18.3 Å². The highest BCUT2D eigenvalue weighted by molar-refractivity contribution is 7.12. The molecule has 0 bridgehead atoms. The van der Waals surface area contributed by atoms with Gasteiger partial charge in [-0.3, -0.25) is 10.1 Å². The van der Waals surface area contributed by atoms with Crippen molar-refractivity contribution in [2.45, 2.75) is 51.9 Å². The van der Waals surface area contributed by atoms with Gasteiger partial charge in [-0.1, -0.05) is 0 Å². The molecule has 0 spiro atoms. The second-order valence-electron chi connectivity index (χ2n) is 6.78. The first-order chi connectivity index (χ1) is 12.0. The van der Waals surface area contributed by atoms with Crippen molar-refractivity contribution in [2.24, 2.45) is 7.05 Å². The van der Waals surface area contributed by atoms with E-state index in [1.54, 1.807) is 4.68 Å². The first-order valence-electron chi connectivity index (χ1n) is 9.00. The Bertz CT molecular complexity index is 736. The molecule has 0 radical (unpaired) electrons. The van der Waals surface area contributed by atoms with Crippen LogP contribution in [0, 0.1) is 13.8 Å². The molecule has 1 aliphatic heterocycles. The van der Waals surface area contributed by atoms with E-state index < -0.39 is 0 Å². The molecule has 1 amide bonds. The summed E-state index contributed by atoms with van der Waals surface area (Å²) in [4.78, 5) is 19.5. The van der Waals surface area contributed by atoms with Gasteiger partial charge in [0, 0.05) is 29.1 Å². The maximum atomic E-state index is 12.2. The number of carbonyl (C=O) groups excluding carboxylic acids is 1. The number of piperidine rings is 1. The zero-order valence-corrected chi connectivity index (χ0v) is 17.3. The molecule has 1 saturated heterocycles. The molecule has 8 heteroatoms. The van der Waals surface area contributed by atoms with Crippen molar-refractivity contribution in [1.29, 1.82) is 0 Å². The number of carbonyl (C=O) groups is 1. The molecule has 144 valence electrons. The van der Waals surface area contributed by atoms with E-state index in [1.807, 2.05) is 18.4 Å².